The van der Waals surface area contributed by atoms with Crippen LogP contribution < -0.4 is 11.1 Å². The molecule has 2 heterocycles. The molecule has 1 aromatic carbocycles. The summed E-state index contributed by atoms with van der Waals surface area (Å²) in [4.78, 5) is 14.5. The van der Waals surface area contributed by atoms with E-state index in [1.807, 2.05) is 12.1 Å². The minimum absolute atomic E-state index is 0.195. The molecule has 0 spiro atoms. The third kappa shape index (κ3) is 4.44. The molecule has 1 aromatic heterocycles. The first kappa shape index (κ1) is 16.7. The number of ether oxygens (including phenoxy) is 1. The van der Waals surface area contributed by atoms with E-state index in [9.17, 15) is 4.79 Å². The number of carbonyl (C=O) groups is 1. The maximum Gasteiger partial charge on any atom is 0.258 e. The fraction of sp³-hybridized carbons (Fsp3) is 0.389. The number of benzene rings is 1. The second kappa shape index (κ2) is 8.10. The van der Waals surface area contributed by atoms with Crippen LogP contribution in [0.15, 0.2) is 41.0 Å². The quantitative estimate of drug-likeness (QED) is 0.845. The van der Waals surface area contributed by atoms with Crippen LogP contribution in [0.4, 0.5) is 5.69 Å². The Kier molecular flexibility index (Phi) is 5.63. The summed E-state index contributed by atoms with van der Waals surface area (Å²) in [5, 5.41) is 2.86. The Morgan fingerprint density at radius 1 is 1.21 bits per heavy atom. The topological polar surface area (TPSA) is 80.7 Å². The number of nitrogens with zero attached hydrogens (tertiary/aromatic N) is 1. The molecule has 1 aliphatic rings. The van der Waals surface area contributed by atoms with Crippen LogP contribution in [0.1, 0.15) is 21.7 Å². The summed E-state index contributed by atoms with van der Waals surface area (Å²) in [7, 11) is 0. The zero-order valence-corrected chi connectivity index (χ0v) is 13.7. The third-order valence-electron chi connectivity index (χ3n) is 4.15. The van der Waals surface area contributed by atoms with Crippen molar-refractivity contribution in [1.29, 1.82) is 0 Å². The normalized spacial score (nSPS) is 15.4. The Morgan fingerprint density at radius 2 is 1.96 bits per heavy atom. The number of amides is 1. The number of furan rings is 1. The Labute approximate surface area is 141 Å². The molecular weight excluding hydrogens is 306 g/mol. The van der Waals surface area contributed by atoms with E-state index >= 15 is 0 Å². The van der Waals surface area contributed by atoms with Gasteiger partial charge in [-0.2, -0.15) is 0 Å². The number of nitrogens with one attached hydrogen (secondary N) is 1. The maximum absolute atomic E-state index is 12.1. The fourth-order valence-corrected chi connectivity index (χ4v) is 2.68. The van der Waals surface area contributed by atoms with Gasteiger partial charge in [-0.25, -0.2) is 0 Å². The second-order valence-electron chi connectivity index (χ2n) is 5.86. The number of morpholine rings is 1. The molecule has 0 bridgehead atoms. The maximum atomic E-state index is 12.1. The Balaban J connectivity index is 1.51. The molecule has 128 valence electrons. The highest BCUT2D eigenvalue weighted by Gasteiger charge is 2.11. The van der Waals surface area contributed by atoms with Crippen molar-refractivity contribution in [2.24, 2.45) is 5.73 Å². The van der Waals surface area contributed by atoms with E-state index in [1.165, 1.54) is 11.8 Å². The standard InChI is InChI=1S/C18H23N3O3/c19-12-17-11-15(13-24-17)18(22)20-16-3-1-14(2-4-16)5-6-21-7-9-23-10-8-21/h1-4,11,13H,5-10,12,19H2,(H,20,22). The average Bonchev–Trinajstić information content (AvgIpc) is 3.11. The molecule has 24 heavy (non-hydrogen) atoms. The smallest absolute Gasteiger partial charge is 0.258 e. The van der Waals surface area contributed by atoms with Crippen molar-refractivity contribution >= 4 is 11.6 Å². The monoisotopic (exact) mass is 329 g/mol. The van der Waals surface area contributed by atoms with Crippen LogP contribution in [-0.4, -0.2) is 43.7 Å². The summed E-state index contributed by atoms with van der Waals surface area (Å²) in [6.07, 6.45) is 2.42. The van der Waals surface area contributed by atoms with Crippen LogP contribution >= 0.6 is 0 Å². The molecule has 0 atom stereocenters. The van der Waals surface area contributed by atoms with E-state index in [2.05, 4.69) is 22.3 Å². The number of hydrogen-bond acceptors (Lipinski definition) is 5. The SMILES string of the molecule is NCc1cc(C(=O)Nc2ccc(CCN3CCOCC3)cc2)co1. The van der Waals surface area contributed by atoms with E-state index < -0.39 is 0 Å². The number of anilines is 1. The van der Waals surface area contributed by atoms with E-state index in [-0.39, 0.29) is 12.5 Å². The van der Waals surface area contributed by atoms with Crippen LogP contribution in [0.2, 0.25) is 0 Å². The van der Waals surface area contributed by atoms with Crippen LogP contribution in [-0.2, 0) is 17.7 Å². The highest BCUT2D eigenvalue weighted by Crippen LogP contribution is 2.14. The van der Waals surface area contributed by atoms with Crippen LogP contribution in [0, 0.1) is 0 Å². The summed E-state index contributed by atoms with van der Waals surface area (Å²) in [5.41, 5.74) is 7.98. The second-order valence-corrected chi connectivity index (χ2v) is 5.86. The number of nitrogens with two attached hydrogens (primary N) is 1. The lowest BCUT2D eigenvalue weighted by molar-refractivity contribution is 0.0384. The molecule has 0 aliphatic carbocycles. The van der Waals surface area contributed by atoms with Crippen molar-refractivity contribution in [3.63, 3.8) is 0 Å². The molecule has 0 saturated carbocycles. The van der Waals surface area contributed by atoms with Gasteiger partial charge in [-0.1, -0.05) is 12.1 Å². The lowest BCUT2D eigenvalue weighted by Gasteiger charge is -2.26. The van der Waals surface area contributed by atoms with Gasteiger partial charge in [0.15, 0.2) is 0 Å². The van der Waals surface area contributed by atoms with E-state index in [1.54, 1.807) is 6.07 Å². The predicted molar refractivity (Wildman–Crippen MR) is 92.0 cm³/mol. The molecule has 1 aliphatic heterocycles. The van der Waals surface area contributed by atoms with Gasteiger partial charge < -0.3 is 20.2 Å². The summed E-state index contributed by atoms with van der Waals surface area (Å²) < 4.78 is 10.5. The fourth-order valence-electron chi connectivity index (χ4n) is 2.68. The van der Waals surface area contributed by atoms with E-state index in [4.69, 9.17) is 14.9 Å². The molecule has 1 amide bonds. The largest absolute Gasteiger partial charge is 0.467 e. The predicted octanol–water partition coefficient (Wildman–Crippen LogP) is 1.87. The zero-order valence-electron chi connectivity index (χ0n) is 13.7. The molecule has 3 rings (SSSR count). The average molecular weight is 329 g/mol. The van der Waals surface area contributed by atoms with Crippen molar-refractivity contribution in [3.05, 3.63) is 53.5 Å². The lowest BCUT2D eigenvalue weighted by atomic mass is 10.1. The molecule has 1 saturated heterocycles. The molecule has 3 N–H and O–H groups in total. The molecule has 6 heteroatoms. The van der Waals surface area contributed by atoms with Crippen LogP contribution in [0.3, 0.4) is 0 Å². The van der Waals surface area contributed by atoms with Crippen molar-refractivity contribution < 1.29 is 13.9 Å². The van der Waals surface area contributed by atoms with Gasteiger partial charge in [0.05, 0.1) is 25.3 Å². The first-order chi connectivity index (χ1) is 11.7. The first-order valence-electron chi connectivity index (χ1n) is 8.22. The molecule has 0 unspecified atom stereocenters. The molecule has 1 fully saturated rings. The number of hydrogen-bond donors (Lipinski definition) is 2. The summed E-state index contributed by atoms with van der Waals surface area (Å²) in [6, 6.07) is 9.62. The minimum atomic E-state index is -0.195. The van der Waals surface area contributed by atoms with E-state index in [0.29, 0.717) is 11.3 Å². The van der Waals surface area contributed by atoms with Crippen molar-refractivity contribution in [3.8, 4) is 0 Å². The van der Waals surface area contributed by atoms with Gasteiger partial charge >= 0.3 is 0 Å². The van der Waals surface area contributed by atoms with Crippen LogP contribution in [0.25, 0.3) is 0 Å². The molecular formula is C18H23N3O3. The van der Waals surface area contributed by atoms with Gasteiger partial charge in [0.2, 0.25) is 0 Å². The Morgan fingerprint density at radius 3 is 2.62 bits per heavy atom. The minimum Gasteiger partial charge on any atom is -0.467 e. The van der Waals surface area contributed by atoms with Crippen molar-refractivity contribution in [2.75, 3.05) is 38.2 Å². The number of carbonyl (C=O) groups excluding carboxylic acids is 1. The van der Waals surface area contributed by atoms with Gasteiger partial charge in [0, 0.05) is 25.3 Å². The van der Waals surface area contributed by atoms with Gasteiger partial charge in [-0.3, -0.25) is 9.69 Å². The summed E-state index contributed by atoms with van der Waals surface area (Å²) >= 11 is 0. The van der Waals surface area contributed by atoms with Gasteiger partial charge in [-0.15, -0.1) is 0 Å². The first-order valence-corrected chi connectivity index (χ1v) is 8.22. The Bertz CT molecular complexity index is 660. The molecule has 0 radical (unpaired) electrons. The summed E-state index contributed by atoms with van der Waals surface area (Å²) in [5.74, 6) is 0.401. The summed E-state index contributed by atoms with van der Waals surface area (Å²) in [6.45, 7) is 4.97. The van der Waals surface area contributed by atoms with Gasteiger partial charge in [0.1, 0.15) is 12.0 Å². The lowest BCUT2D eigenvalue weighted by Crippen LogP contribution is -2.37. The highest BCUT2D eigenvalue weighted by atomic mass is 16.5. The molecule has 2 aromatic rings. The van der Waals surface area contributed by atoms with Crippen LogP contribution in [0.5, 0.6) is 0 Å². The van der Waals surface area contributed by atoms with Crippen molar-refractivity contribution in [1.82, 2.24) is 4.90 Å². The number of rotatable bonds is 6. The van der Waals surface area contributed by atoms with Gasteiger partial charge in [0.25, 0.3) is 5.91 Å². The van der Waals surface area contributed by atoms with Crippen molar-refractivity contribution in [2.45, 2.75) is 13.0 Å². The third-order valence-corrected chi connectivity index (χ3v) is 4.15. The Hall–Kier alpha value is -2.15. The van der Waals surface area contributed by atoms with Gasteiger partial charge in [-0.05, 0) is 30.2 Å². The van der Waals surface area contributed by atoms with E-state index in [0.717, 1.165) is 45.0 Å². The molecule has 6 nitrogen and oxygen atoms in total. The highest BCUT2D eigenvalue weighted by molar-refractivity contribution is 6.04. The zero-order chi connectivity index (χ0) is 16.8.